The molecule has 1 heteroatoms. The van der Waals surface area contributed by atoms with E-state index in [1.165, 1.54) is 24.0 Å². The fraction of sp³-hybridized carbons (Fsp3) is 0.571. The van der Waals surface area contributed by atoms with Gasteiger partial charge in [-0.05, 0) is 41.4 Å². The molecule has 2 rings (SSSR count). The van der Waals surface area contributed by atoms with Crippen LogP contribution in [0.1, 0.15) is 50.7 Å². The summed E-state index contributed by atoms with van der Waals surface area (Å²) in [4.78, 5) is 0. The maximum atomic E-state index is 5.48. The zero-order chi connectivity index (χ0) is 11.1. The SMILES string of the molecule is COc1cc(C(C)(C)C)ccc1C1CC1. The molecule has 1 aliphatic carbocycles. The van der Waals surface area contributed by atoms with Crippen molar-refractivity contribution in [2.45, 2.75) is 44.9 Å². The third-order valence-electron chi connectivity index (χ3n) is 3.12. The summed E-state index contributed by atoms with van der Waals surface area (Å²) in [5.74, 6) is 1.83. The van der Waals surface area contributed by atoms with Gasteiger partial charge in [-0.3, -0.25) is 0 Å². The molecule has 0 N–H and O–H groups in total. The highest BCUT2D eigenvalue weighted by atomic mass is 16.5. The molecule has 0 atom stereocenters. The number of methoxy groups -OCH3 is 1. The van der Waals surface area contributed by atoms with Gasteiger partial charge in [0.2, 0.25) is 0 Å². The standard InChI is InChI=1S/C14H20O/c1-14(2,3)11-7-8-12(10-5-6-10)13(9-11)15-4/h7-10H,5-6H2,1-4H3. The molecule has 1 saturated carbocycles. The van der Waals surface area contributed by atoms with E-state index >= 15 is 0 Å². The average Bonchev–Trinajstić information content (AvgIpc) is 2.98. The van der Waals surface area contributed by atoms with Gasteiger partial charge in [-0.2, -0.15) is 0 Å². The van der Waals surface area contributed by atoms with Gasteiger partial charge < -0.3 is 4.74 Å². The second-order valence-corrected chi connectivity index (χ2v) is 5.48. The Morgan fingerprint density at radius 2 is 1.87 bits per heavy atom. The molecule has 0 spiro atoms. The van der Waals surface area contributed by atoms with E-state index in [-0.39, 0.29) is 5.41 Å². The fourth-order valence-electron chi connectivity index (χ4n) is 1.91. The predicted octanol–water partition coefficient (Wildman–Crippen LogP) is 3.87. The highest BCUT2D eigenvalue weighted by molar-refractivity contribution is 5.43. The normalized spacial score (nSPS) is 16.5. The monoisotopic (exact) mass is 204 g/mol. The van der Waals surface area contributed by atoms with E-state index < -0.39 is 0 Å². The summed E-state index contributed by atoms with van der Waals surface area (Å²) in [6, 6.07) is 6.70. The van der Waals surface area contributed by atoms with Gasteiger partial charge in [-0.25, -0.2) is 0 Å². The Bertz CT molecular complexity index is 356. The summed E-state index contributed by atoms with van der Waals surface area (Å²) >= 11 is 0. The van der Waals surface area contributed by atoms with Crippen molar-refractivity contribution in [3.8, 4) is 5.75 Å². The molecule has 0 aliphatic heterocycles. The summed E-state index contributed by atoms with van der Waals surface area (Å²) in [5.41, 5.74) is 2.95. The van der Waals surface area contributed by atoms with Gasteiger partial charge in [0.05, 0.1) is 7.11 Å². The number of hydrogen-bond donors (Lipinski definition) is 0. The summed E-state index contributed by atoms with van der Waals surface area (Å²) in [7, 11) is 1.77. The zero-order valence-corrected chi connectivity index (χ0v) is 10.1. The molecule has 1 fully saturated rings. The topological polar surface area (TPSA) is 9.23 Å². The van der Waals surface area contributed by atoms with Crippen LogP contribution in [0.2, 0.25) is 0 Å². The molecule has 15 heavy (non-hydrogen) atoms. The van der Waals surface area contributed by atoms with E-state index in [1.807, 2.05) is 0 Å². The quantitative estimate of drug-likeness (QED) is 0.710. The van der Waals surface area contributed by atoms with Crippen LogP contribution in [0.15, 0.2) is 18.2 Å². The molecule has 0 heterocycles. The lowest BCUT2D eigenvalue weighted by Crippen LogP contribution is -2.11. The fourth-order valence-corrected chi connectivity index (χ4v) is 1.91. The Labute approximate surface area is 92.5 Å². The van der Waals surface area contributed by atoms with Crippen molar-refractivity contribution in [1.82, 2.24) is 0 Å². The van der Waals surface area contributed by atoms with Gasteiger partial charge >= 0.3 is 0 Å². The van der Waals surface area contributed by atoms with E-state index in [0.717, 1.165) is 11.7 Å². The Morgan fingerprint density at radius 3 is 2.33 bits per heavy atom. The lowest BCUT2D eigenvalue weighted by molar-refractivity contribution is 0.407. The van der Waals surface area contributed by atoms with Crippen molar-refractivity contribution < 1.29 is 4.74 Å². The lowest BCUT2D eigenvalue weighted by atomic mass is 9.86. The van der Waals surface area contributed by atoms with Crippen LogP contribution in [0.4, 0.5) is 0 Å². The van der Waals surface area contributed by atoms with Gasteiger partial charge in [0.25, 0.3) is 0 Å². The maximum absolute atomic E-state index is 5.48. The Hall–Kier alpha value is -0.980. The molecule has 1 aromatic carbocycles. The van der Waals surface area contributed by atoms with E-state index in [0.29, 0.717) is 0 Å². The molecule has 0 unspecified atom stereocenters. The third-order valence-corrected chi connectivity index (χ3v) is 3.12. The van der Waals surface area contributed by atoms with Crippen molar-refractivity contribution in [2.75, 3.05) is 7.11 Å². The Balaban J connectivity index is 2.38. The van der Waals surface area contributed by atoms with Crippen LogP contribution in [0.5, 0.6) is 5.75 Å². The minimum absolute atomic E-state index is 0.204. The van der Waals surface area contributed by atoms with Gasteiger partial charge in [-0.15, -0.1) is 0 Å². The van der Waals surface area contributed by atoms with Crippen LogP contribution in [0.3, 0.4) is 0 Å². The van der Waals surface area contributed by atoms with E-state index in [2.05, 4.69) is 39.0 Å². The molecule has 0 bridgehead atoms. The number of benzene rings is 1. The van der Waals surface area contributed by atoms with Crippen molar-refractivity contribution in [2.24, 2.45) is 0 Å². The zero-order valence-electron chi connectivity index (χ0n) is 10.1. The van der Waals surface area contributed by atoms with Gasteiger partial charge in [0.15, 0.2) is 0 Å². The largest absolute Gasteiger partial charge is 0.496 e. The summed E-state index contributed by atoms with van der Waals surface area (Å²) in [5, 5.41) is 0. The highest BCUT2D eigenvalue weighted by Gasteiger charge is 2.27. The van der Waals surface area contributed by atoms with Crippen LogP contribution in [-0.4, -0.2) is 7.11 Å². The van der Waals surface area contributed by atoms with Crippen LogP contribution in [0, 0.1) is 0 Å². The van der Waals surface area contributed by atoms with Crippen LogP contribution < -0.4 is 4.74 Å². The first-order chi connectivity index (χ1) is 7.02. The first-order valence-corrected chi connectivity index (χ1v) is 5.71. The second-order valence-electron chi connectivity index (χ2n) is 5.48. The van der Waals surface area contributed by atoms with Crippen molar-refractivity contribution in [3.63, 3.8) is 0 Å². The van der Waals surface area contributed by atoms with Crippen molar-refractivity contribution in [3.05, 3.63) is 29.3 Å². The number of rotatable bonds is 2. The van der Waals surface area contributed by atoms with Crippen LogP contribution in [-0.2, 0) is 5.41 Å². The molecule has 1 nitrogen and oxygen atoms in total. The molecule has 0 amide bonds. The van der Waals surface area contributed by atoms with Crippen molar-refractivity contribution >= 4 is 0 Å². The van der Waals surface area contributed by atoms with Crippen LogP contribution in [0.25, 0.3) is 0 Å². The third kappa shape index (κ3) is 2.17. The Morgan fingerprint density at radius 1 is 1.20 bits per heavy atom. The van der Waals surface area contributed by atoms with Crippen molar-refractivity contribution in [1.29, 1.82) is 0 Å². The minimum atomic E-state index is 0.204. The molecule has 0 saturated heterocycles. The molecule has 0 aromatic heterocycles. The molecule has 1 aliphatic rings. The minimum Gasteiger partial charge on any atom is -0.496 e. The van der Waals surface area contributed by atoms with E-state index in [1.54, 1.807) is 7.11 Å². The smallest absolute Gasteiger partial charge is 0.122 e. The van der Waals surface area contributed by atoms with Gasteiger partial charge in [0.1, 0.15) is 5.75 Å². The Kier molecular flexibility index (Phi) is 2.49. The van der Waals surface area contributed by atoms with E-state index in [9.17, 15) is 0 Å². The molecule has 82 valence electrons. The number of ether oxygens (including phenoxy) is 1. The molecule has 0 radical (unpaired) electrons. The average molecular weight is 204 g/mol. The molecule has 1 aromatic rings. The van der Waals surface area contributed by atoms with Crippen LogP contribution >= 0.6 is 0 Å². The first-order valence-electron chi connectivity index (χ1n) is 5.71. The summed E-state index contributed by atoms with van der Waals surface area (Å²) in [6.07, 6.45) is 2.65. The predicted molar refractivity (Wildman–Crippen MR) is 63.7 cm³/mol. The number of hydrogen-bond acceptors (Lipinski definition) is 1. The molecular formula is C14H20O. The second kappa shape index (κ2) is 3.55. The highest BCUT2D eigenvalue weighted by Crippen LogP contribution is 2.45. The summed E-state index contributed by atoms with van der Waals surface area (Å²) in [6.45, 7) is 6.70. The first kappa shape index (κ1) is 10.5. The lowest BCUT2D eigenvalue weighted by Gasteiger charge is -2.20. The molecular weight excluding hydrogens is 184 g/mol. The summed E-state index contributed by atoms with van der Waals surface area (Å²) < 4.78 is 5.48. The van der Waals surface area contributed by atoms with Gasteiger partial charge in [0, 0.05) is 0 Å². The van der Waals surface area contributed by atoms with Gasteiger partial charge in [-0.1, -0.05) is 32.9 Å². The van der Waals surface area contributed by atoms with E-state index in [4.69, 9.17) is 4.74 Å². The maximum Gasteiger partial charge on any atom is 0.122 e.